The maximum absolute atomic E-state index is 13.9. The van der Waals surface area contributed by atoms with Crippen LogP contribution in [0.15, 0.2) is 107 Å². The van der Waals surface area contributed by atoms with Gasteiger partial charge in [0.25, 0.3) is 0 Å². The van der Waals surface area contributed by atoms with Crippen LogP contribution in [-0.4, -0.2) is 45.8 Å². The van der Waals surface area contributed by atoms with E-state index in [2.05, 4.69) is 18.1 Å². The molecular weight excluding hydrogens is 535 g/mol. The van der Waals surface area contributed by atoms with E-state index in [0.717, 1.165) is 20.7 Å². The molecule has 0 spiro atoms. The third-order valence-corrected chi connectivity index (χ3v) is 16.5. The smallest absolute Gasteiger partial charge is 0.207 e. The molecule has 1 aliphatic rings. The standard InChI is InChI=1S/C30H28F4N3Si2/c1-38(27-11-3-23(31)4-12-27,28-13-5-24(32)6-14-28)21-37(20-35-19-36-37)22-39(2,29-15-7-25(33)8-16-29)30-17-9-26(34)10-18-30/h3-20H,21-22H2,1-2H3/q+1. The van der Waals surface area contributed by atoms with Gasteiger partial charge in [0.05, 0.1) is 0 Å². The predicted octanol–water partition coefficient (Wildman–Crippen LogP) is 4.21. The van der Waals surface area contributed by atoms with Gasteiger partial charge in [-0.2, -0.15) is 9.58 Å². The van der Waals surface area contributed by atoms with Crippen LogP contribution in [-0.2, 0) is 0 Å². The van der Waals surface area contributed by atoms with Crippen molar-refractivity contribution in [2.45, 2.75) is 13.1 Å². The van der Waals surface area contributed by atoms with Crippen LogP contribution in [0.2, 0.25) is 13.1 Å². The summed E-state index contributed by atoms with van der Waals surface area (Å²) in [6.07, 6.45) is 4.43. The molecule has 1 heterocycles. The van der Waals surface area contributed by atoms with Crippen LogP contribution in [0.1, 0.15) is 0 Å². The molecule has 198 valence electrons. The minimum Gasteiger partial charge on any atom is -0.207 e. The van der Waals surface area contributed by atoms with E-state index >= 15 is 0 Å². The molecule has 1 aliphatic heterocycles. The van der Waals surface area contributed by atoms with Gasteiger partial charge < -0.3 is 0 Å². The molecule has 4 aromatic rings. The molecule has 39 heavy (non-hydrogen) atoms. The van der Waals surface area contributed by atoms with Crippen molar-refractivity contribution < 1.29 is 22.2 Å². The Morgan fingerprint density at radius 2 is 0.795 bits per heavy atom. The maximum Gasteiger partial charge on any atom is 0.217 e. The number of rotatable bonds is 8. The van der Waals surface area contributed by atoms with Crippen molar-refractivity contribution in [3.05, 3.63) is 120 Å². The molecule has 0 amide bonds. The van der Waals surface area contributed by atoms with E-state index in [-0.39, 0.29) is 27.9 Å². The fourth-order valence-electron chi connectivity index (χ4n) is 5.60. The van der Waals surface area contributed by atoms with Crippen molar-refractivity contribution in [3.8, 4) is 0 Å². The van der Waals surface area contributed by atoms with Crippen molar-refractivity contribution in [1.82, 2.24) is 0 Å². The lowest BCUT2D eigenvalue weighted by atomic mass is 10.3. The molecule has 0 bridgehead atoms. The highest BCUT2D eigenvalue weighted by molar-refractivity contribution is 7.02. The molecular formula is C30H28F4N3Si2+. The second kappa shape index (κ2) is 10.5. The topological polar surface area (TPSA) is 24.7 Å². The van der Waals surface area contributed by atoms with Gasteiger partial charge in [-0.15, -0.1) is 0 Å². The fraction of sp³-hybridized carbons (Fsp3) is 0.133. The quantitative estimate of drug-likeness (QED) is 0.175. The average Bonchev–Trinajstić information content (AvgIpc) is 3.37. The van der Waals surface area contributed by atoms with Gasteiger partial charge in [0, 0.05) is 0 Å². The molecule has 4 aromatic carbocycles. The van der Waals surface area contributed by atoms with Gasteiger partial charge in [-0.1, -0.05) is 66.7 Å². The van der Waals surface area contributed by atoms with E-state index in [1.807, 2.05) is 6.34 Å². The van der Waals surface area contributed by atoms with Crippen molar-refractivity contribution in [1.29, 1.82) is 0 Å². The number of benzene rings is 4. The molecule has 0 saturated carbocycles. The molecule has 0 radical (unpaired) electrons. The van der Waals surface area contributed by atoms with E-state index in [9.17, 15) is 17.6 Å². The molecule has 5 rings (SSSR count). The van der Waals surface area contributed by atoms with Crippen molar-refractivity contribution in [3.63, 3.8) is 0 Å². The number of nitrogens with zero attached hydrogens (tertiary/aromatic N) is 3. The third kappa shape index (κ3) is 5.43. The van der Waals surface area contributed by atoms with Gasteiger partial charge in [-0.05, 0) is 69.3 Å². The highest BCUT2D eigenvalue weighted by Crippen LogP contribution is 2.22. The number of halogens is 4. The lowest BCUT2D eigenvalue weighted by molar-refractivity contribution is -0.817. The molecule has 0 unspecified atom stereocenters. The molecule has 0 aromatic heterocycles. The summed E-state index contributed by atoms with van der Waals surface area (Å²) < 4.78 is 55.9. The summed E-state index contributed by atoms with van der Waals surface area (Å²) in [5.74, 6) is -1.31. The zero-order chi connectivity index (χ0) is 27.7. The van der Waals surface area contributed by atoms with E-state index < -0.39 is 16.1 Å². The van der Waals surface area contributed by atoms with Crippen molar-refractivity contribution in [2.24, 2.45) is 10.1 Å². The number of hydrogen-bond donors (Lipinski definition) is 0. The van der Waals surface area contributed by atoms with Crippen molar-refractivity contribution in [2.75, 3.05) is 12.3 Å². The molecule has 0 fully saturated rings. The SMILES string of the molecule is C[Si](C[N+]1(C[Si](C)(c2ccc(F)cc2)c2ccc(F)cc2)C=NC=N1)(c1ccc(F)cc1)c1ccc(F)cc1. The lowest BCUT2D eigenvalue weighted by Gasteiger charge is -2.40. The van der Waals surface area contributed by atoms with Crippen LogP contribution in [0.25, 0.3) is 0 Å². The van der Waals surface area contributed by atoms with Gasteiger partial charge in [-0.25, -0.2) is 17.6 Å². The van der Waals surface area contributed by atoms with Crippen molar-refractivity contribution >= 4 is 49.6 Å². The van der Waals surface area contributed by atoms with Crippen LogP contribution in [0.3, 0.4) is 0 Å². The summed E-state index contributed by atoms with van der Waals surface area (Å²) in [5.41, 5.74) is 0. The minimum atomic E-state index is -2.67. The van der Waals surface area contributed by atoms with E-state index in [4.69, 9.17) is 5.10 Å². The van der Waals surface area contributed by atoms with Gasteiger partial charge >= 0.3 is 0 Å². The third-order valence-electron chi connectivity index (χ3n) is 7.74. The first-order valence-electron chi connectivity index (χ1n) is 12.6. The van der Waals surface area contributed by atoms with Crippen LogP contribution >= 0.6 is 0 Å². The zero-order valence-corrected chi connectivity index (χ0v) is 23.7. The molecule has 0 saturated heterocycles. The summed E-state index contributed by atoms with van der Waals surface area (Å²) in [5, 5.41) is 8.80. The molecule has 3 nitrogen and oxygen atoms in total. The number of aliphatic imine (C=N–C) groups is 1. The Kier molecular flexibility index (Phi) is 7.23. The Morgan fingerprint density at radius 3 is 1.03 bits per heavy atom. The van der Waals surface area contributed by atoms with Gasteiger partial charge in [-0.3, -0.25) is 0 Å². The lowest BCUT2D eigenvalue weighted by Crippen LogP contribution is -2.72. The summed E-state index contributed by atoms with van der Waals surface area (Å²) in [6.45, 7) is 4.34. The summed E-state index contributed by atoms with van der Waals surface area (Å²) in [6, 6.07) is 26.0. The highest BCUT2D eigenvalue weighted by atomic mass is 28.3. The van der Waals surface area contributed by atoms with Gasteiger partial charge in [0.15, 0.2) is 22.5 Å². The Bertz CT molecular complexity index is 1300. The first kappa shape index (κ1) is 26.9. The highest BCUT2D eigenvalue weighted by Gasteiger charge is 2.49. The molecule has 0 atom stereocenters. The Hall–Kier alpha value is -3.67. The molecule has 9 heteroatoms. The minimum absolute atomic E-state index is 0.162. The summed E-state index contributed by atoms with van der Waals surface area (Å²) in [7, 11) is -5.34. The second-order valence-electron chi connectivity index (χ2n) is 10.5. The maximum atomic E-state index is 13.9. The first-order chi connectivity index (χ1) is 18.6. The number of quaternary nitrogens is 1. The predicted molar refractivity (Wildman–Crippen MR) is 154 cm³/mol. The second-order valence-corrected chi connectivity index (χ2v) is 18.8. The van der Waals surface area contributed by atoms with Gasteiger partial charge in [0.1, 0.15) is 35.6 Å². The van der Waals surface area contributed by atoms with Crippen LogP contribution < -0.4 is 20.7 Å². The summed E-state index contributed by atoms with van der Waals surface area (Å²) >= 11 is 0. The van der Waals surface area contributed by atoms with Crippen LogP contribution in [0, 0.1) is 23.3 Å². The fourth-order valence-corrected chi connectivity index (χ4v) is 13.6. The Labute approximate surface area is 227 Å². The first-order valence-corrected chi connectivity index (χ1v) is 18.0. The Balaban J connectivity index is 1.64. The van der Waals surface area contributed by atoms with E-state index in [0.29, 0.717) is 12.3 Å². The van der Waals surface area contributed by atoms with E-state index in [1.54, 1.807) is 48.5 Å². The molecule has 0 N–H and O–H groups in total. The largest absolute Gasteiger partial charge is 0.217 e. The zero-order valence-electron chi connectivity index (χ0n) is 21.7. The van der Waals surface area contributed by atoms with Gasteiger partial charge in [0.2, 0.25) is 6.34 Å². The average molecular weight is 563 g/mol. The van der Waals surface area contributed by atoms with E-state index in [1.165, 1.54) is 54.9 Å². The molecule has 0 aliphatic carbocycles. The normalized spacial score (nSPS) is 14.6. The van der Waals surface area contributed by atoms with Crippen LogP contribution in [0.5, 0.6) is 0 Å². The summed E-state index contributed by atoms with van der Waals surface area (Å²) in [4.78, 5) is 4.40. The monoisotopic (exact) mass is 562 g/mol. The number of hydrogen-bond acceptors (Lipinski definition) is 2. The van der Waals surface area contributed by atoms with Crippen LogP contribution in [0.4, 0.5) is 17.6 Å². The Morgan fingerprint density at radius 1 is 0.513 bits per heavy atom.